The number of nitrogens with one attached hydrogen (secondary N) is 2. The third-order valence-corrected chi connectivity index (χ3v) is 7.21. The molecular formula is C26H31N3O5. The lowest BCUT2D eigenvalue weighted by Gasteiger charge is -2.44. The Morgan fingerprint density at radius 1 is 1.03 bits per heavy atom. The maximum atomic E-state index is 12.8. The first-order valence-corrected chi connectivity index (χ1v) is 11.7. The topological polar surface area (TPSA) is 142 Å². The van der Waals surface area contributed by atoms with Gasteiger partial charge < -0.3 is 26.6 Å². The number of nitrogens with two attached hydrogens (primary N) is 1. The molecule has 2 saturated carbocycles. The molecule has 4 rings (SSSR count). The van der Waals surface area contributed by atoms with Gasteiger partial charge in [-0.3, -0.25) is 9.59 Å². The number of hydrogen-bond acceptors (Lipinski definition) is 5. The Morgan fingerprint density at radius 2 is 1.76 bits per heavy atom. The van der Waals surface area contributed by atoms with Gasteiger partial charge in [-0.15, -0.1) is 0 Å². The van der Waals surface area contributed by atoms with Gasteiger partial charge in [0.25, 0.3) is 0 Å². The van der Waals surface area contributed by atoms with Gasteiger partial charge >= 0.3 is 12.0 Å². The molecule has 2 fully saturated rings. The van der Waals surface area contributed by atoms with E-state index >= 15 is 0 Å². The molecular weight excluding hydrogens is 434 g/mol. The van der Waals surface area contributed by atoms with Crippen LogP contribution in [0.2, 0.25) is 0 Å². The number of carboxylic acids is 1. The van der Waals surface area contributed by atoms with E-state index in [9.17, 15) is 19.5 Å². The Balaban J connectivity index is 1.34. The van der Waals surface area contributed by atoms with Crippen LogP contribution in [0.3, 0.4) is 0 Å². The van der Waals surface area contributed by atoms with E-state index in [-0.39, 0.29) is 30.1 Å². The molecule has 8 nitrogen and oxygen atoms in total. The van der Waals surface area contributed by atoms with Crippen molar-refractivity contribution in [1.82, 2.24) is 0 Å². The molecule has 0 aliphatic heterocycles. The number of fused-ring (bicyclic) bond motifs is 1. The van der Waals surface area contributed by atoms with E-state index < -0.39 is 18.0 Å². The summed E-state index contributed by atoms with van der Waals surface area (Å²) in [6.45, 7) is 0.402. The van der Waals surface area contributed by atoms with Crippen LogP contribution < -0.4 is 16.4 Å². The second-order valence-corrected chi connectivity index (χ2v) is 9.49. The molecule has 2 aromatic carbocycles. The van der Waals surface area contributed by atoms with Gasteiger partial charge in [0.15, 0.2) is 5.78 Å². The van der Waals surface area contributed by atoms with Crippen molar-refractivity contribution < 1.29 is 24.6 Å². The Hall–Kier alpha value is -3.23. The predicted octanol–water partition coefficient (Wildman–Crippen LogP) is 3.86. The van der Waals surface area contributed by atoms with Crippen molar-refractivity contribution in [2.75, 3.05) is 10.6 Å². The molecule has 0 radical (unpaired) electrons. The second kappa shape index (κ2) is 9.95. The molecule has 180 valence electrons. The van der Waals surface area contributed by atoms with E-state index in [2.05, 4.69) is 10.6 Å². The minimum Gasteiger partial charge on any atom is -0.481 e. The van der Waals surface area contributed by atoms with Gasteiger partial charge in [-0.05, 0) is 79.3 Å². The first-order valence-electron chi connectivity index (χ1n) is 11.7. The van der Waals surface area contributed by atoms with Crippen LogP contribution in [0.25, 0.3) is 0 Å². The number of rotatable bonds is 6. The van der Waals surface area contributed by atoms with Gasteiger partial charge in [0, 0.05) is 23.8 Å². The summed E-state index contributed by atoms with van der Waals surface area (Å²) in [5.74, 6) is -1.26. The van der Waals surface area contributed by atoms with E-state index in [1.807, 2.05) is 42.5 Å². The highest BCUT2D eigenvalue weighted by molar-refractivity contribution is 5.99. The zero-order valence-corrected chi connectivity index (χ0v) is 19.0. The predicted molar refractivity (Wildman–Crippen MR) is 128 cm³/mol. The molecule has 0 heterocycles. The Bertz CT molecular complexity index is 1070. The lowest BCUT2D eigenvalue weighted by atomic mass is 9.61. The van der Waals surface area contributed by atoms with Crippen molar-refractivity contribution in [2.45, 2.75) is 56.6 Å². The summed E-state index contributed by atoms with van der Waals surface area (Å²) in [6, 6.07) is 14.8. The van der Waals surface area contributed by atoms with E-state index in [1.165, 1.54) is 0 Å². The van der Waals surface area contributed by atoms with Crippen molar-refractivity contribution in [3.8, 4) is 0 Å². The van der Waals surface area contributed by atoms with Crippen molar-refractivity contribution in [1.29, 1.82) is 0 Å². The molecule has 2 aliphatic rings. The van der Waals surface area contributed by atoms with Crippen LogP contribution in [0.1, 0.15) is 55.6 Å². The van der Waals surface area contributed by atoms with Gasteiger partial charge in [0.1, 0.15) is 5.60 Å². The summed E-state index contributed by atoms with van der Waals surface area (Å²) in [6.07, 6.45) is 2.64. The van der Waals surface area contributed by atoms with E-state index in [4.69, 9.17) is 10.8 Å². The summed E-state index contributed by atoms with van der Waals surface area (Å²) < 4.78 is 0. The number of aliphatic carboxylic acids is 1. The van der Waals surface area contributed by atoms with Gasteiger partial charge in [0.2, 0.25) is 0 Å². The zero-order chi connectivity index (χ0) is 24.3. The minimum absolute atomic E-state index is 0.160. The minimum atomic E-state index is -1.72. The average molecular weight is 466 g/mol. The van der Waals surface area contributed by atoms with Crippen LogP contribution in [0.15, 0.2) is 48.5 Å². The number of amides is 2. The normalized spacial score (nSPS) is 26.4. The molecule has 0 spiro atoms. The van der Waals surface area contributed by atoms with E-state index in [1.54, 1.807) is 6.07 Å². The molecule has 2 aromatic rings. The van der Waals surface area contributed by atoms with Gasteiger partial charge in [0.05, 0.1) is 6.42 Å². The summed E-state index contributed by atoms with van der Waals surface area (Å²) >= 11 is 0. The monoisotopic (exact) mass is 465 g/mol. The lowest BCUT2D eigenvalue weighted by molar-refractivity contribution is -0.160. The number of Topliss-reactive ketones (excluding diaryl/α,β-unsaturated/α-hetero) is 1. The third kappa shape index (κ3) is 5.29. The van der Waals surface area contributed by atoms with Gasteiger partial charge in [-0.1, -0.05) is 24.3 Å². The molecule has 2 aliphatic carbocycles. The first kappa shape index (κ1) is 23.9. The number of urea groups is 1. The lowest BCUT2D eigenvalue weighted by Crippen LogP contribution is -2.51. The smallest absolute Gasteiger partial charge is 0.323 e. The highest BCUT2D eigenvalue weighted by atomic mass is 16.4. The molecule has 0 bridgehead atoms. The van der Waals surface area contributed by atoms with E-state index in [0.717, 1.165) is 24.0 Å². The quantitative estimate of drug-likeness (QED) is 0.439. The van der Waals surface area contributed by atoms with Crippen molar-refractivity contribution >= 4 is 29.2 Å². The van der Waals surface area contributed by atoms with Gasteiger partial charge in [-0.25, -0.2) is 4.79 Å². The maximum Gasteiger partial charge on any atom is 0.323 e. The fourth-order valence-electron chi connectivity index (χ4n) is 5.46. The van der Waals surface area contributed by atoms with Crippen LogP contribution in [0.5, 0.6) is 0 Å². The number of carbonyl (C=O) groups excluding carboxylic acids is 2. The molecule has 4 atom stereocenters. The van der Waals surface area contributed by atoms with Crippen LogP contribution in [0.4, 0.5) is 16.2 Å². The average Bonchev–Trinajstić information content (AvgIpc) is 2.81. The third-order valence-electron chi connectivity index (χ3n) is 7.21. The Morgan fingerprint density at radius 3 is 2.47 bits per heavy atom. The van der Waals surface area contributed by atoms with Crippen LogP contribution >= 0.6 is 0 Å². The van der Waals surface area contributed by atoms with Crippen LogP contribution in [-0.2, 0) is 16.1 Å². The zero-order valence-electron chi connectivity index (χ0n) is 19.0. The van der Waals surface area contributed by atoms with Crippen molar-refractivity contribution in [3.05, 3.63) is 59.7 Å². The molecule has 0 aromatic heterocycles. The largest absolute Gasteiger partial charge is 0.481 e. The first-order chi connectivity index (χ1) is 16.3. The standard InChI is InChI=1S/C26H31N3O5/c27-15-16-2-1-3-21(12-16)29-25(33)28-20-7-4-17(5-8-20)18-6-9-22-19(13-18)10-11-26(34,24(22)32)14-23(30)31/h1-5,7-8,12,18-19,22,34H,6,9-11,13-15,27H2,(H,30,31)(H2,28,29,33). The Kier molecular flexibility index (Phi) is 7.00. The molecule has 2 amide bonds. The summed E-state index contributed by atoms with van der Waals surface area (Å²) in [5.41, 5.74) is 7.36. The number of carbonyl (C=O) groups is 3. The summed E-state index contributed by atoms with van der Waals surface area (Å²) in [4.78, 5) is 36.2. The highest BCUT2D eigenvalue weighted by Crippen LogP contribution is 2.47. The SMILES string of the molecule is NCc1cccc(NC(=O)Nc2ccc(C3CCC4C(=O)C(O)(CC(=O)O)CCC4C3)cc2)c1. The maximum absolute atomic E-state index is 12.8. The number of hydrogen-bond donors (Lipinski definition) is 5. The van der Waals surface area contributed by atoms with E-state index in [0.29, 0.717) is 36.7 Å². The van der Waals surface area contributed by atoms with Gasteiger partial charge in [-0.2, -0.15) is 0 Å². The Labute approximate surface area is 198 Å². The van der Waals surface area contributed by atoms with Crippen LogP contribution in [-0.4, -0.2) is 33.6 Å². The number of carboxylic acid groups (broad SMARTS) is 1. The molecule has 4 unspecified atom stereocenters. The molecule has 34 heavy (non-hydrogen) atoms. The fourth-order valence-corrected chi connectivity index (χ4v) is 5.46. The number of ketones is 1. The molecule has 8 heteroatoms. The fraction of sp³-hybridized carbons (Fsp3) is 0.423. The number of benzene rings is 2. The number of anilines is 2. The van der Waals surface area contributed by atoms with Crippen molar-refractivity contribution in [3.63, 3.8) is 0 Å². The highest BCUT2D eigenvalue weighted by Gasteiger charge is 2.50. The second-order valence-electron chi connectivity index (χ2n) is 9.49. The van der Waals surface area contributed by atoms with Crippen LogP contribution in [0, 0.1) is 11.8 Å². The molecule has 0 saturated heterocycles. The number of aliphatic hydroxyl groups is 1. The van der Waals surface area contributed by atoms with Crippen molar-refractivity contribution in [2.24, 2.45) is 17.6 Å². The summed E-state index contributed by atoms with van der Waals surface area (Å²) in [5, 5.41) is 25.3. The molecule has 6 N–H and O–H groups in total. The summed E-state index contributed by atoms with van der Waals surface area (Å²) in [7, 11) is 0.